The van der Waals surface area contributed by atoms with E-state index in [-0.39, 0.29) is 0 Å². The minimum atomic E-state index is 0.533. The van der Waals surface area contributed by atoms with Gasteiger partial charge in [-0.1, -0.05) is 11.6 Å². The molecule has 1 aliphatic rings. The van der Waals surface area contributed by atoms with Gasteiger partial charge in [0.15, 0.2) is 11.5 Å². The first-order valence-electron chi connectivity index (χ1n) is 6.48. The molecular formula is C15H16ClNO3. The van der Waals surface area contributed by atoms with Crippen LogP contribution in [0.1, 0.15) is 24.5 Å². The molecule has 20 heavy (non-hydrogen) atoms. The molecule has 1 aromatic heterocycles. The molecule has 0 radical (unpaired) electrons. The third-order valence-corrected chi connectivity index (χ3v) is 3.87. The van der Waals surface area contributed by atoms with E-state index in [4.69, 9.17) is 30.8 Å². The molecule has 106 valence electrons. The van der Waals surface area contributed by atoms with Gasteiger partial charge in [0.25, 0.3) is 0 Å². The van der Waals surface area contributed by atoms with Crippen LogP contribution in [-0.4, -0.2) is 26.3 Å². The summed E-state index contributed by atoms with van der Waals surface area (Å²) in [5.41, 5.74) is 1.81. The predicted molar refractivity (Wildman–Crippen MR) is 78.4 cm³/mol. The first-order valence-corrected chi connectivity index (χ1v) is 6.86. The highest BCUT2D eigenvalue weighted by atomic mass is 35.5. The van der Waals surface area contributed by atoms with E-state index in [1.54, 1.807) is 21.3 Å². The van der Waals surface area contributed by atoms with Crippen molar-refractivity contribution in [1.82, 2.24) is 4.98 Å². The highest BCUT2D eigenvalue weighted by Gasteiger charge is 2.27. The number of pyridine rings is 1. The standard InChI is InChI=1S/C15H16ClNO3/c1-18-12-7-11-13(15(20-3)14(12)19-2)9(16)6-10(17-11)8-4-5-8/h6-8H,4-5H2,1-3H3. The van der Waals surface area contributed by atoms with Crippen molar-refractivity contribution < 1.29 is 14.2 Å². The maximum atomic E-state index is 6.43. The molecule has 4 nitrogen and oxygen atoms in total. The lowest BCUT2D eigenvalue weighted by Crippen LogP contribution is -1.98. The van der Waals surface area contributed by atoms with Gasteiger partial charge in [-0.05, 0) is 18.9 Å². The highest BCUT2D eigenvalue weighted by Crippen LogP contribution is 2.47. The number of hydrogen-bond donors (Lipinski definition) is 0. The van der Waals surface area contributed by atoms with Crippen molar-refractivity contribution in [2.45, 2.75) is 18.8 Å². The van der Waals surface area contributed by atoms with Gasteiger partial charge < -0.3 is 14.2 Å². The number of ether oxygens (including phenoxy) is 3. The number of benzene rings is 1. The molecule has 2 aromatic rings. The predicted octanol–water partition coefficient (Wildman–Crippen LogP) is 3.79. The van der Waals surface area contributed by atoms with Gasteiger partial charge in [-0.3, -0.25) is 4.98 Å². The fourth-order valence-corrected chi connectivity index (χ4v) is 2.72. The van der Waals surface area contributed by atoms with Crippen LogP contribution in [0.4, 0.5) is 0 Å². The Morgan fingerprint density at radius 2 is 1.75 bits per heavy atom. The zero-order valence-corrected chi connectivity index (χ0v) is 12.5. The molecule has 3 rings (SSSR count). The van der Waals surface area contributed by atoms with Crippen molar-refractivity contribution in [2.24, 2.45) is 0 Å². The minimum absolute atomic E-state index is 0.533. The fraction of sp³-hybridized carbons (Fsp3) is 0.400. The average Bonchev–Trinajstić information content (AvgIpc) is 3.29. The van der Waals surface area contributed by atoms with Crippen LogP contribution < -0.4 is 14.2 Å². The number of halogens is 1. The summed E-state index contributed by atoms with van der Waals surface area (Å²) in [4.78, 5) is 4.69. The Bertz CT molecular complexity index is 668. The molecule has 0 saturated heterocycles. The highest BCUT2D eigenvalue weighted by molar-refractivity contribution is 6.36. The van der Waals surface area contributed by atoms with Gasteiger partial charge in [-0.2, -0.15) is 0 Å². The lowest BCUT2D eigenvalue weighted by Gasteiger charge is -2.15. The van der Waals surface area contributed by atoms with Gasteiger partial charge in [0, 0.05) is 17.7 Å². The van der Waals surface area contributed by atoms with E-state index in [1.807, 2.05) is 12.1 Å². The van der Waals surface area contributed by atoms with Crippen molar-refractivity contribution in [3.05, 3.63) is 22.8 Å². The van der Waals surface area contributed by atoms with Crippen LogP contribution >= 0.6 is 11.6 Å². The van der Waals surface area contributed by atoms with Crippen molar-refractivity contribution in [2.75, 3.05) is 21.3 Å². The fourth-order valence-electron chi connectivity index (χ4n) is 2.42. The summed E-state index contributed by atoms with van der Waals surface area (Å²) >= 11 is 6.43. The summed E-state index contributed by atoms with van der Waals surface area (Å²) in [5.74, 6) is 2.22. The number of aromatic nitrogens is 1. The molecule has 1 aliphatic carbocycles. The molecule has 1 saturated carbocycles. The molecule has 0 spiro atoms. The average molecular weight is 294 g/mol. The smallest absolute Gasteiger partial charge is 0.204 e. The molecular weight excluding hydrogens is 278 g/mol. The van der Waals surface area contributed by atoms with Crippen LogP contribution in [0.15, 0.2) is 12.1 Å². The molecule has 1 heterocycles. The Balaban J connectivity index is 2.32. The van der Waals surface area contributed by atoms with Crippen LogP contribution in [0.5, 0.6) is 17.2 Å². The van der Waals surface area contributed by atoms with Crippen LogP contribution in [0.25, 0.3) is 10.9 Å². The van der Waals surface area contributed by atoms with Gasteiger partial charge in [-0.25, -0.2) is 0 Å². The molecule has 0 unspecified atom stereocenters. The van der Waals surface area contributed by atoms with E-state index in [9.17, 15) is 0 Å². The van der Waals surface area contributed by atoms with Crippen molar-refractivity contribution in [3.63, 3.8) is 0 Å². The topological polar surface area (TPSA) is 40.6 Å². The summed E-state index contributed by atoms with van der Waals surface area (Å²) in [6.07, 6.45) is 2.36. The Morgan fingerprint density at radius 1 is 1.05 bits per heavy atom. The summed E-state index contributed by atoms with van der Waals surface area (Å²) in [6.45, 7) is 0. The van der Waals surface area contributed by atoms with Crippen molar-refractivity contribution in [1.29, 1.82) is 0 Å². The number of methoxy groups -OCH3 is 3. The van der Waals surface area contributed by atoms with Gasteiger partial charge in [0.05, 0.1) is 37.3 Å². The maximum Gasteiger partial charge on any atom is 0.204 e. The largest absolute Gasteiger partial charge is 0.493 e. The van der Waals surface area contributed by atoms with E-state index >= 15 is 0 Å². The lowest BCUT2D eigenvalue weighted by atomic mass is 10.1. The number of hydrogen-bond acceptors (Lipinski definition) is 4. The Labute approximate surface area is 122 Å². The third-order valence-electron chi connectivity index (χ3n) is 3.57. The first kappa shape index (κ1) is 13.3. The monoisotopic (exact) mass is 293 g/mol. The molecule has 0 amide bonds. The van der Waals surface area contributed by atoms with Crippen LogP contribution in [-0.2, 0) is 0 Å². The Morgan fingerprint density at radius 3 is 2.30 bits per heavy atom. The molecule has 0 atom stereocenters. The molecule has 0 N–H and O–H groups in total. The summed E-state index contributed by atoms with van der Waals surface area (Å²) in [6, 6.07) is 3.77. The van der Waals surface area contributed by atoms with Crippen molar-refractivity contribution in [3.8, 4) is 17.2 Å². The number of nitrogens with zero attached hydrogens (tertiary/aromatic N) is 1. The molecule has 1 aromatic carbocycles. The summed E-state index contributed by atoms with van der Waals surface area (Å²) in [7, 11) is 4.75. The van der Waals surface area contributed by atoms with Gasteiger partial charge in [-0.15, -0.1) is 0 Å². The second-order valence-corrected chi connectivity index (χ2v) is 5.25. The first-order chi connectivity index (χ1) is 9.69. The van der Waals surface area contributed by atoms with E-state index in [0.717, 1.165) is 16.6 Å². The van der Waals surface area contributed by atoms with E-state index in [1.165, 1.54) is 12.8 Å². The van der Waals surface area contributed by atoms with Crippen LogP contribution in [0, 0.1) is 0 Å². The maximum absolute atomic E-state index is 6.43. The summed E-state index contributed by atoms with van der Waals surface area (Å²) < 4.78 is 16.2. The zero-order chi connectivity index (χ0) is 14.3. The Kier molecular flexibility index (Phi) is 3.34. The number of fused-ring (bicyclic) bond motifs is 1. The molecule has 1 fully saturated rings. The zero-order valence-electron chi connectivity index (χ0n) is 11.7. The molecule has 0 aliphatic heterocycles. The quantitative estimate of drug-likeness (QED) is 0.860. The third kappa shape index (κ3) is 2.04. The van der Waals surface area contributed by atoms with E-state index in [2.05, 4.69) is 0 Å². The second-order valence-electron chi connectivity index (χ2n) is 4.84. The Hall–Kier alpha value is -1.68. The van der Waals surface area contributed by atoms with E-state index in [0.29, 0.717) is 28.2 Å². The van der Waals surface area contributed by atoms with Gasteiger partial charge in [0.1, 0.15) is 0 Å². The molecule has 5 heteroatoms. The summed E-state index contributed by atoms with van der Waals surface area (Å²) in [5, 5.41) is 1.39. The van der Waals surface area contributed by atoms with Crippen molar-refractivity contribution >= 4 is 22.5 Å². The SMILES string of the molecule is COc1cc2nc(C3CC3)cc(Cl)c2c(OC)c1OC. The van der Waals surface area contributed by atoms with E-state index < -0.39 is 0 Å². The van der Waals surface area contributed by atoms with Crippen LogP contribution in [0.2, 0.25) is 5.02 Å². The number of rotatable bonds is 4. The lowest BCUT2D eigenvalue weighted by molar-refractivity contribution is 0.327. The minimum Gasteiger partial charge on any atom is -0.493 e. The van der Waals surface area contributed by atoms with Gasteiger partial charge in [0.2, 0.25) is 5.75 Å². The molecule has 0 bridgehead atoms. The second kappa shape index (κ2) is 5.02. The normalized spacial score (nSPS) is 14.4. The van der Waals surface area contributed by atoms with Gasteiger partial charge >= 0.3 is 0 Å². The van der Waals surface area contributed by atoms with Crippen LogP contribution in [0.3, 0.4) is 0 Å².